The zero-order chi connectivity index (χ0) is 12.3. The maximum Gasteiger partial charge on any atom is 0.253 e. The Labute approximate surface area is 101 Å². The van der Waals surface area contributed by atoms with Crippen molar-refractivity contribution in [2.75, 3.05) is 13.1 Å². The Morgan fingerprint density at radius 2 is 2.12 bits per heavy atom. The van der Waals surface area contributed by atoms with Crippen molar-refractivity contribution in [3.63, 3.8) is 0 Å². The summed E-state index contributed by atoms with van der Waals surface area (Å²) in [5.41, 5.74) is 1.87. The van der Waals surface area contributed by atoms with Gasteiger partial charge in [0.05, 0.1) is 6.10 Å². The number of hydrogen-bond acceptors (Lipinski definition) is 3. The van der Waals surface area contributed by atoms with Crippen LogP contribution in [0.3, 0.4) is 0 Å². The molecular formula is C13H18N2O2. The highest BCUT2D eigenvalue weighted by molar-refractivity contribution is 5.94. The van der Waals surface area contributed by atoms with Crippen LogP contribution in [-0.2, 0) is 4.84 Å². The van der Waals surface area contributed by atoms with Crippen LogP contribution in [0.2, 0.25) is 0 Å². The predicted octanol–water partition coefficient (Wildman–Crippen LogP) is 1.49. The number of carbonyl (C=O) groups excluding carboxylic acids is 1. The number of nitrogens with two attached hydrogens (primary N) is 1. The summed E-state index contributed by atoms with van der Waals surface area (Å²) in [6.45, 7) is 3.43. The minimum atomic E-state index is 0.0940. The van der Waals surface area contributed by atoms with Gasteiger partial charge in [-0.1, -0.05) is 17.7 Å². The second-order valence-electron chi connectivity index (χ2n) is 4.50. The van der Waals surface area contributed by atoms with Gasteiger partial charge in [0.25, 0.3) is 5.91 Å². The lowest BCUT2D eigenvalue weighted by molar-refractivity contribution is 0.00781. The van der Waals surface area contributed by atoms with Crippen LogP contribution >= 0.6 is 0 Å². The topological polar surface area (TPSA) is 55.6 Å². The summed E-state index contributed by atoms with van der Waals surface area (Å²) in [6, 6.07) is 7.69. The Kier molecular flexibility index (Phi) is 3.76. The van der Waals surface area contributed by atoms with Gasteiger partial charge in [-0.3, -0.25) is 4.79 Å². The molecule has 1 heterocycles. The van der Waals surface area contributed by atoms with Crippen molar-refractivity contribution < 1.29 is 9.63 Å². The predicted molar refractivity (Wildman–Crippen MR) is 65.4 cm³/mol. The number of nitrogens with zero attached hydrogens (tertiary/aromatic N) is 1. The first kappa shape index (κ1) is 12.1. The van der Waals surface area contributed by atoms with E-state index in [4.69, 9.17) is 10.7 Å². The number of hydrogen-bond donors (Lipinski definition) is 1. The van der Waals surface area contributed by atoms with E-state index in [0.717, 1.165) is 24.0 Å². The van der Waals surface area contributed by atoms with Crippen LogP contribution in [-0.4, -0.2) is 30.0 Å². The highest BCUT2D eigenvalue weighted by atomic mass is 16.6. The molecule has 1 fully saturated rings. The summed E-state index contributed by atoms with van der Waals surface area (Å²) in [6.07, 6.45) is 1.72. The van der Waals surface area contributed by atoms with Crippen molar-refractivity contribution in [1.29, 1.82) is 0 Å². The Balaban J connectivity index is 2.02. The number of aryl methyl sites for hydroxylation is 1. The molecule has 1 aromatic carbocycles. The lowest BCUT2D eigenvalue weighted by Crippen LogP contribution is -2.41. The summed E-state index contributed by atoms with van der Waals surface area (Å²) in [7, 11) is 0. The van der Waals surface area contributed by atoms with Gasteiger partial charge in [-0.25, -0.2) is 5.90 Å². The molecule has 1 amide bonds. The van der Waals surface area contributed by atoms with Crippen LogP contribution in [0.15, 0.2) is 24.3 Å². The quantitative estimate of drug-likeness (QED) is 0.789. The third-order valence-electron chi connectivity index (χ3n) is 3.19. The van der Waals surface area contributed by atoms with E-state index < -0.39 is 0 Å². The van der Waals surface area contributed by atoms with Crippen molar-refractivity contribution in [1.82, 2.24) is 4.90 Å². The summed E-state index contributed by atoms with van der Waals surface area (Å²) in [5, 5.41) is 0. The molecule has 1 aliphatic rings. The summed E-state index contributed by atoms with van der Waals surface area (Å²) in [5.74, 6) is 5.25. The van der Waals surface area contributed by atoms with Gasteiger partial charge < -0.3 is 9.74 Å². The molecule has 1 aliphatic heterocycles. The third-order valence-corrected chi connectivity index (χ3v) is 3.19. The second-order valence-corrected chi connectivity index (χ2v) is 4.50. The molecule has 0 radical (unpaired) electrons. The fraction of sp³-hybridized carbons (Fsp3) is 0.462. The van der Waals surface area contributed by atoms with Crippen LogP contribution < -0.4 is 5.90 Å². The lowest BCUT2D eigenvalue weighted by Gasteiger charge is -2.30. The summed E-state index contributed by atoms with van der Waals surface area (Å²) >= 11 is 0. The summed E-state index contributed by atoms with van der Waals surface area (Å²) in [4.78, 5) is 18.9. The van der Waals surface area contributed by atoms with Gasteiger partial charge in [0.15, 0.2) is 0 Å². The largest absolute Gasteiger partial charge is 0.338 e. The van der Waals surface area contributed by atoms with Crippen molar-refractivity contribution in [2.45, 2.75) is 25.9 Å². The number of piperidine rings is 1. The van der Waals surface area contributed by atoms with Gasteiger partial charge in [0.2, 0.25) is 0 Å². The minimum Gasteiger partial charge on any atom is -0.338 e. The van der Waals surface area contributed by atoms with Gasteiger partial charge in [-0.2, -0.15) is 0 Å². The number of benzene rings is 1. The van der Waals surface area contributed by atoms with Crippen LogP contribution in [0, 0.1) is 6.92 Å². The van der Waals surface area contributed by atoms with Crippen molar-refractivity contribution in [3.8, 4) is 0 Å². The molecule has 0 atom stereocenters. The van der Waals surface area contributed by atoms with E-state index in [1.807, 2.05) is 36.1 Å². The molecule has 2 rings (SSSR count). The molecule has 4 nitrogen and oxygen atoms in total. The Morgan fingerprint density at radius 3 is 2.71 bits per heavy atom. The Morgan fingerprint density at radius 1 is 1.41 bits per heavy atom. The molecule has 92 valence electrons. The molecule has 0 aromatic heterocycles. The van der Waals surface area contributed by atoms with Crippen LogP contribution in [0.5, 0.6) is 0 Å². The van der Waals surface area contributed by atoms with Gasteiger partial charge in [-0.05, 0) is 31.9 Å². The average Bonchev–Trinajstić information content (AvgIpc) is 2.38. The van der Waals surface area contributed by atoms with Crippen LogP contribution in [0.1, 0.15) is 28.8 Å². The van der Waals surface area contributed by atoms with Crippen molar-refractivity contribution in [3.05, 3.63) is 35.4 Å². The van der Waals surface area contributed by atoms with E-state index >= 15 is 0 Å². The van der Waals surface area contributed by atoms with E-state index in [-0.39, 0.29) is 12.0 Å². The highest BCUT2D eigenvalue weighted by Crippen LogP contribution is 2.15. The number of rotatable bonds is 2. The first-order valence-corrected chi connectivity index (χ1v) is 5.92. The van der Waals surface area contributed by atoms with Crippen LogP contribution in [0.4, 0.5) is 0 Å². The zero-order valence-corrected chi connectivity index (χ0v) is 10.1. The standard InChI is InChI=1S/C13H18N2O2/c1-10-3-2-4-11(9-10)13(16)15-7-5-12(17-14)6-8-15/h2-4,9,12H,5-8,14H2,1H3. The molecule has 2 N–H and O–H groups in total. The van der Waals surface area contributed by atoms with Gasteiger partial charge in [0.1, 0.15) is 0 Å². The van der Waals surface area contributed by atoms with E-state index in [1.54, 1.807) is 0 Å². The van der Waals surface area contributed by atoms with E-state index in [0.29, 0.717) is 13.1 Å². The molecule has 1 aromatic rings. The fourth-order valence-electron chi connectivity index (χ4n) is 2.16. The maximum absolute atomic E-state index is 12.2. The smallest absolute Gasteiger partial charge is 0.253 e. The van der Waals surface area contributed by atoms with E-state index in [2.05, 4.69) is 0 Å². The molecule has 0 spiro atoms. The Hall–Kier alpha value is -1.39. The van der Waals surface area contributed by atoms with Gasteiger partial charge in [-0.15, -0.1) is 0 Å². The van der Waals surface area contributed by atoms with E-state index in [1.165, 1.54) is 0 Å². The zero-order valence-electron chi connectivity index (χ0n) is 10.1. The number of likely N-dealkylation sites (tertiary alicyclic amines) is 1. The molecule has 0 bridgehead atoms. The molecule has 17 heavy (non-hydrogen) atoms. The Bertz CT molecular complexity index is 398. The van der Waals surface area contributed by atoms with Crippen molar-refractivity contribution in [2.24, 2.45) is 5.90 Å². The number of amides is 1. The highest BCUT2D eigenvalue weighted by Gasteiger charge is 2.23. The first-order valence-electron chi connectivity index (χ1n) is 5.92. The fourth-order valence-corrected chi connectivity index (χ4v) is 2.16. The van der Waals surface area contributed by atoms with Crippen LogP contribution in [0.25, 0.3) is 0 Å². The lowest BCUT2D eigenvalue weighted by atomic mass is 10.1. The molecule has 0 saturated carbocycles. The third kappa shape index (κ3) is 2.84. The maximum atomic E-state index is 12.2. The first-order chi connectivity index (χ1) is 8.20. The van der Waals surface area contributed by atoms with Gasteiger partial charge >= 0.3 is 0 Å². The normalized spacial score (nSPS) is 17.2. The molecule has 0 unspecified atom stereocenters. The summed E-state index contributed by atoms with van der Waals surface area (Å²) < 4.78 is 0. The minimum absolute atomic E-state index is 0.0940. The molecule has 0 aliphatic carbocycles. The molecular weight excluding hydrogens is 216 g/mol. The molecule has 1 saturated heterocycles. The number of carbonyl (C=O) groups is 1. The SMILES string of the molecule is Cc1cccc(C(=O)N2CCC(ON)CC2)c1. The second kappa shape index (κ2) is 5.29. The monoisotopic (exact) mass is 234 g/mol. The average molecular weight is 234 g/mol. The van der Waals surface area contributed by atoms with Crippen molar-refractivity contribution >= 4 is 5.91 Å². The van der Waals surface area contributed by atoms with E-state index in [9.17, 15) is 4.79 Å². The van der Waals surface area contributed by atoms with Gasteiger partial charge in [0, 0.05) is 18.7 Å². The molecule has 4 heteroatoms.